The quantitative estimate of drug-likeness (QED) is 0.833. The van der Waals surface area contributed by atoms with Gasteiger partial charge in [0.15, 0.2) is 0 Å². The van der Waals surface area contributed by atoms with E-state index in [1.165, 1.54) is 6.07 Å². The van der Waals surface area contributed by atoms with Gasteiger partial charge in [-0.25, -0.2) is 4.39 Å². The lowest BCUT2D eigenvalue weighted by molar-refractivity contribution is 0.474. The summed E-state index contributed by atoms with van der Waals surface area (Å²) in [5.74, 6) is 0.181. The number of anilines is 1. The van der Waals surface area contributed by atoms with Crippen LogP contribution < -0.4 is 10.6 Å². The van der Waals surface area contributed by atoms with Gasteiger partial charge in [0, 0.05) is 19.1 Å². The number of hydrogen-bond acceptors (Lipinski definition) is 2. The van der Waals surface area contributed by atoms with Gasteiger partial charge in [0.2, 0.25) is 0 Å². The second-order valence-corrected chi connectivity index (χ2v) is 4.33. The highest BCUT2D eigenvalue weighted by atomic mass is 19.1. The molecule has 16 heavy (non-hydrogen) atoms. The van der Waals surface area contributed by atoms with Crippen LogP contribution in [0, 0.1) is 11.7 Å². The number of halogens is 1. The Hall–Kier alpha value is -1.09. The summed E-state index contributed by atoms with van der Waals surface area (Å²) < 4.78 is 13.6. The molecular formula is C13H21FN2. The zero-order chi connectivity index (χ0) is 12.1. The predicted molar refractivity (Wildman–Crippen MR) is 67.1 cm³/mol. The Labute approximate surface area is 97.3 Å². The van der Waals surface area contributed by atoms with Crippen molar-refractivity contribution < 1.29 is 4.39 Å². The highest BCUT2D eigenvalue weighted by Gasteiger charge is 2.15. The average Bonchev–Trinajstić information content (AvgIpc) is 2.26. The Kier molecular flexibility index (Phi) is 4.74. The average molecular weight is 224 g/mol. The first-order valence-corrected chi connectivity index (χ1v) is 5.81. The first kappa shape index (κ1) is 13.0. The third-order valence-electron chi connectivity index (χ3n) is 2.98. The summed E-state index contributed by atoms with van der Waals surface area (Å²) in [6.45, 7) is 7.68. The van der Waals surface area contributed by atoms with Gasteiger partial charge in [-0.1, -0.05) is 19.1 Å². The number of nitrogens with zero attached hydrogens (tertiary/aromatic N) is 1. The molecule has 1 rings (SSSR count). The van der Waals surface area contributed by atoms with Crippen molar-refractivity contribution in [2.75, 3.05) is 18.0 Å². The molecule has 0 saturated carbocycles. The van der Waals surface area contributed by atoms with E-state index < -0.39 is 0 Å². The van der Waals surface area contributed by atoms with Crippen LogP contribution in [0.15, 0.2) is 24.3 Å². The minimum absolute atomic E-state index is 0.126. The van der Waals surface area contributed by atoms with Gasteiger partial charge in [0.25, 0.3) is 0 Å². The Morgan fingerprint density at radius 3 is 2.44 bits per heavy atom. The maximum atomic E-state index is 13.6. The van der Waals surface area contributed by atoms with Crippen molar-refractivity contribution in [2.45, 2.75) is 26.8 Å². The second-order valence-electron chi connectivity index (χ2n) is 4.33. The van der Waals surface area contributed by atoms with E-state index in [4.69, 9.17) is 5.73 Å². The Morgan fingerprint density at radius 1 is 1.31 bits per heavy atom. The molecule has 0 bridgehead atoms. The highest BCUT2D eigenvalue weighted by Crippen LogP contribution is 2.19. The summed E-state index contributed by atoms with van der Waals surface area (Å²) in [4.78, 5) is 2.03. The van der Waals surface area contributed by atoms with E-state index in [9.17, 15) is 4.39 Å². The van der Waals surface area contributed by atoms with Gasteiger partial charge in [-0.2, -0.15) is 0 Å². The summed E-state index contributed by atoms with van der Waals surface area (Å²) in [5, 5.41) is 0. The molecule has 0 heterocycles. The van der Waals surface area contributed by atoms with Crippen molar-refractivity contribution in [1.82, 2.24) is 0 Å². The smallest absolute Gasteiger partial charge is 0.146 e. The van der Waals surface area contributed by atoms with E-state index in [0.717, 1.165) is 13.1 Å². The van der Waals surface area contributed by atoms with Gasteiger partial charge in [-0.3, -0.25) is 0 Å². The largest absolute Gasteiger partial charge is 0.369 e. The Balaban J connectivity index is 2.79. The van der Waals surface area contributed by atoms with Crippen molar-refractivity contribution in [2.24, 2.45) is 11.7 Å². The molecule has 0 saturated heterocycles. The molecule has 0 aliphatic heterocycles. The van der Waals surface area contributed by atoms with E-state index in [1.807, 2.05) is 30.9 Å². The monoisotopic (exact) mass is 224 g/mol. The summed E-state index contributed by atoms with van der Waals surface area (Å²) in [6, 6.07) is 7.00. The molecule has 0 aliphatic carbocycles. The molecule has 90 valence electrons. The first-order chi connectivity index (χ1) is 7.56. The number of nitrogens with two attached hydrogens (primary N) is 1. The van der Waals surface area contributed by atoms with Crippen LogP contribution in [-0.4, -0.2) is 19.1 Å². The summed E-state index contributed by atoms with van der Waals surface area (Å²) in [5.41, 5.74) is 6.50. The zero-order valence-electron chi connectivity index (χ0n) is 10.3. The first-order valence-electron chi connectivity index (χ1n) is 5.81. The molecule has 0 aromatic heterocycles. The molecule has 0 fully saturated rings. The van der Waals surface area contributed by atoms with Crippen LogP contribution in [0.1, 0.15) is 20.8 Å². The fourth-order valence-electron chi connectivity index (χ4n) is 1.62. The van der Waals surface area contributed by atoms with Crippen LogP contribution in [0.25, 0.3) is 0 Å². The lowest BCUT2D eigenvalue weighted by Gasteiger charge is -2.28. The van der Waals surface area contributed by atoms with Crippen LogP contribution in [0.3, 0.4) is 0 Å². The van der Waals surface area contributed by atoms with E-state index in [0.29, 0.717) is 11.6 Å². The van der Waals surface area contributed by atoms with Crippen LogP contribution in [0.2, 0.25) is 0 Å². The molecule has 2 N–H and O–H groups in total. The summed E-state index contributed by atoms with van der Waals surface area (Å²) >= 11 is 0. The van der Waals surface area contributed by atoms with Crippen LogP contribution in [-0.2, 0) is 0 Å². The SMILES string of the molecule is CCN(CC(C)C(C)N)c1ccccc1F. The molecule has 0 aliphatic rings. The molecule has 0 spiro atoms. The fraction of sp³-hybridized carbons (Fsp3) is 0.538. The molecular weight excluding hydrogens is 203 g/mol. The Morgan fingerprint density at radius 2 is 1.94 bits per heavy atom. The van der Waals surface area contributed by atoms with Gasteiger partial charge in [-0.15, -0.1) is 0 Å². The maximum absolute atomic E-state index is 13.6. The van der Waals surface area contributed by atoms with Crippen molar-refractivity contribution in [3.63, 3.8) is 0 Å². The van der Waals surface area contributed by atoms with Crippen LogP contribution in [0.4, 0.5) is 10.1 Å². The third-order valence-corrected chi connectivity index (χ3v) is 2.98. The highest BCUT2D eigenvalue weighted by molar-refractivity contribution is 5.47. The van der Waals surface area contributed by atoms with Gasteiger partial charge in [-0.05, 0) is 31.9 Å². The molecule has 3 heteroatoms. The molecule has 2 unspecified atom stereocenters. The molecule has 1 aromatic rings. The molecule has 2 atom stereocenters. The van der Waals surface area contributed by atoms with Crippen LogP contribution >= 0.6 is 0 Å². The third kappa shape index (κ3) is 3.20. The normalized spacial score (nSPS) is 14.6. The van der Waals surface area contributed by atoms with E-state index in [2.05, 4.69) is 6.92 Å². The molecule has 2 nitrogen and oxygen atoms in total. The summed E-state index contributed by atoms with van der Waals surface area (Å²) in [7, 11) is 0. The second kappa shape index (κ2) is 5.85. The van der Waals surface area contributed by atoms with Crippen molar-refractivity contribution in [3.8, 4) is 0 Å². The van der Waals surface area contributed by atoms with E-state index in [-0.39, 0.29) is 11.9 Å². The topological polar surface area (TPSA) is 29.3 Å². The minimum Gasteiger partial charge on any atom is -0.369 e. The lowest BCUT2D eigenvalue weighted by Crippen LogP contribution is -2.36. The fourth-order valence-corrected chi connectivity index (χ4v) is 1.62. The summed E-state index contributed by atoms with van der Waals surface area (Å²) in [6.07, 6.45) is 0. The Bertz CT molecular complexity index is 325. The van der Waals surface area contributed by atoms with Crippen molar-refractivity contribution in [1.29, 1.82) is 0 Å². The molecule has 0 amide bonds. The maximum Gasteiger partial charge on any atom is 0.146 e. The van der Waals surface area contributed by atoms with Gasteiger partial charge in [0.1, 0.15) is 5.82 Å². The van der Waals surface area contributed by atoms with Gasteiger partial charge in [0.05, 0.1) is 5.69 Å². The minimum atomic E-state index is -0.166. The van der Waals surface area contributed by atoms with E-state index in [1.54, 1.807) is 6.07 Å². The van der Waals surface area contributed by atoms with Gasteiger partial charge < -0.3 is 10.6 Å². The lowest BCUT2D eigenvalue weighted by atomic mass is 10.0. The van der Waals surface area contributed by atoms with Crippen LogP contribution in [0.5, 0.6) is 0 Å². The number of benzene rings is 1. The van der Waals surface area contributed by atoms with Crippen molar-refractivity contribution >= 4 is 5.69 Å². The van der Waals surface area contributed by atoms with Crippen molar-refractivity contribution in [3.05, 3.63) is 30.1 Å². The number of hydrogen-bond donors (Lipinski definition) is 1. The van der Waals surface area contributed by atoms with E-state index >= 15 is 0 Å². The molecule has 0 radical (unpaired) electrons. The van der Waals surface area contributed by atoms with Gasteiger partial charge >= 0.3 is 0 Å². The predicted octanol–water partition coefficient (Wildman–Crippen LogP) is 2.64. The standard InChI is InChI=1S/C13H21FN2/c1-4-16(9-10(2)11(3)15)13-8-6-5-7-12(13)14/h5-8,10-11H,4,9,15H2,1-3H3. The zero-order valence-corrected chi connectivity index (χ0v) is 10.3. The number of para-hydroxylation sites is 1. The number of rotatable bonds is 5. The molecule has 1 aromatic carbocycles.